The average molecular weight is 604 g/mol. The van der Waals surface area contributed by atoms with Crippen molar-refractivity contribution < 1.29 is 19.0 Å². The second-order valence-corrected chi connectivity index (χ2v) is 13.0. The third-order valence-electron chi connectivity index (χ3n) is 9.92. The largest absolute Gasteiger partial charge is 0.508 e. The summed E-state index contributed by atoms with van der Waals surface area (Å²) in [5.74, 6) is 1.40. The molecule has 224 valence electrons. The molecule has 3 aromatic carbocycles. The van der Waals surface area contributed by atoms with E-state index in [1.165, 1.54) is 0 Å². The topological polar surface area (TPSA) is 83.0 Å². The fourth-order valence-electron chi connectivity index (χ4n) is 8.04. The van der Waals surface area contributed by atoms with Crippen LogP contribution in [-0.4, -0.2) is 83.7 Å². The maximum absolute atomic E-state index is 14.5. The lowest BCUT2D eigenvalue weighted by Gasteiger charge is -2.35. The lowest BCUT2D eigenvalue weighted by molar-refractivity contribution is 0.107. The lowest BCUT2D eigenvalue weighted by Crippen LogP contribution is -2.51. The second-order valence-electron chi connectivity index (χ2n) is 12.6. The van der Waals surface area contributed by atoms with E-state index in [4.69, 9.17) is 31.0 Å². The minimum Gasteiger partial charge on any atom is -0.508 e. The van der Waals surface area contributed by atoms with Crippen LogP contribution in [0.15, 0.2) is 42.5 Å². The quantitative estimate of drug-likeness (QED) is 0.290. The fourth-order valence-corrected chi connectivity index (χ4v) is 8.34. The molecule has 4 aliphatic rings. The van der Waals surface area contributed by atoms with Gasteiger partial charge >= 0.3 is 6.01 Å². The summed E-state index contributed by atoms with van der Waals surface area (Å²) in [6.45, 7) is 3.34. The third kappa shape index (κ3) is 4.55. The Morgan fingerprint density at radius 3 is 2.72 bits per heavy atom. The van der Waals surface area contributed by atoms with Crippen LogP contribution in [0.1, 0.15) is 32.1 Å². The minimum absolute atomic E-state index is 0.138. The van der Waals surface area contributed by atoms with Crippen molar-refractivity contribution in [2.45, 2.75) is 55.9 Å². The van der Waals surface area contributed by atoms with Gasteiger partial charge in [0.05, 0.1) is 17.7 Å². The van der Waals surface area contributed by atoms with Crippen molar-refractivity contribution in [1.82, 2.24) is 20.2 Å². The maximum Gasteiger partial charge on any atom is 0.319 e. The highest BCUT2D eigenvalue weighted by Gasteiger charge is 2.49. The van der Waals surface area contributed by atoms with Crippen LogP contribution in [0.5, 0.6) is 17.5 Å². The number of aromatic hydroxyl groups is 1. The van der Waals surface area contributed by atoms with Crippen LogP contribution in [0, 0.1) is 0 Å². The molecule has 0 aliphatic carbocycles. The highest BCUT2D eigenvalue weighted by atomic mass is 35.5. The summed E-state index contributed by atoms with van der Waals surface area (Å²) < 4.78 is 27.0. The predicted molar refractivity (Wildman–Crippen MR) is 166 cm³/mol. The lowest BCUT2D eigenvalue weighted by atomic mass is 9.95. The zero-order valence-corrected chi connectivity index (χ0v) is 24.9. The summed E-state index contributed by atoms with van der Waals surface area (Å²) in [5.41, 5.74) is 1.68. The fraction of sp³-hybridized carbons (Fsp3) is 0.455. The average Bonchev–Trinajstić information content (AvgIpc) is 3.64. The molecule has 4 saturated heterocycles. The monoisotopic (exact) mass is 603 g/mol. The van der Waals surface area contributed by atoms with Crippen molar-refractivity contribution in [3.05, 3.63) is 47.5 Å². The number of phenolic OH excluding ortho intramolecular Hbond substituents is 1. The van der Waals surface area contributed by atoms with Gasteiger partial charge in [0.1, 0.15) is 29.9 Å². The molecule has 8 nitrogen and oxygen atoms in total. The second kappa shape index (κ2) is 10.4. The van der Waals surface area contributed by atoms with Gasteiger partial charge in [0.15, 0.2) is 5.75 Å². The number of phenols is 1. The molecule has 5 heterocycles. The van der Waals surface area contributed by atoms with E-state index in [1.807, 2.05) is 30.3 Å². The van der Waals surface area contributed by atoms with Crippen molar-refractivity contribution in [3.8, 4) is 28.6 Å². The Morgan fingerprint density at radius 2 is 1.91 bits per heavy atom. The van der Waals surface area contributed by atoms with E-state index in [9.17, 15) is 9.50 Å². The van der Waals surface area contributed by atoms with Gasteiger partial charge < -0.3 is 24.8 Å². The molecule has 4 aromatic rings. The molecular weight excluding hydrogens is 569 g/mol. The van der Waals surface area contributed by atoms with Crippen LogP contribution in [0.2, 0.25) is 5.02 Å². The van der Waals surface area contributed by atoms with Gasteiger partial charge in [-0.1, -0.05) is 35.9 Å². The van der Waals surface area contributed by atoms with Gasteiger partial charge in [-0.2, -0.15) is 9.97 Å². The summed E-state index contributed by atoms with van der Waals surface area (Å²) in [4.78, 5) is 14.5. The van der Waals surface area contributed by atoms with Crippen LogP contribution in [0.25, 0.3) is 32.8 Å². The first-order valence-corrected chi connectivity index (χ1v) is 15.6. The number of nitrogens with one attached hydrogen (secondary N) is 1. The molecule has 2 bridgehead atoms. The van der Waals surface area contributed by atoms with Gasteiger partial charge in [0, 0.05) is 49.1 Å². The number of nitrogens with zero attached hydrogens (tertiary/aromatic N) is 4. The summed E-state index contributed by atoms with van der Waals surface area (Å²) in [6, 6.07) is 14.3. The van der Waals surface area contributed by atoms with Gasteiger partial charge in [-0.3, -0.25) is 4.90 Å². The Bertz CT molecular complexity index is 1730. The Hall–Kier alpha value is -3.40. The predicted octanol–water partition coefficient (Wildman–Crippen LogP) is 5.71. The first-order valence-electron chi connectivity index (χ1n) is 15.2. The first-order chi connectivity index (χ1) is 20.9. The number of benzene rings is 3. The highest BCUT2D eigenvalue weighted by Crippen LogP contribution is 2.48. The molecule has 2 N–H and O–H groups in total. The number of hydrogen-bond donors (Lipinski definition) is 2. The minimum atomic E-state index is -0.838. The molecule has 0 amide bonds. The number of hydrogen-bond acceptors (Lipinski definition) is 8. The van der Waals surface area contributed by atoms with E-state index in [1.54, 1.807) is 19.2 Å². The zero-order chi connectivity index (χ0) is 29.3. The Morgan fingerprint density at radius 1 is 1.09 bits per heavy atom. The number of methoxy groups -OCH3 is 1. The number of rotatable bonds is 6. The summed E-state index contributed by atoms with van der Waals surface area (Å²) >= 11 is 7.10. The maximum atomic E-state index is 14.5. The number of fused-ring (bicyclic) bond motifs is 5. The number of anilines is 1. The normalized spacial score (nSPS) is 26.9. The zero-order valence-electron chi connectivity index (χ0n) is 24.2. The molecule has 4 fully saturated rings. The van der Waals surface area contributed by atoms with Crippen molar-refractivity contribution >= 4 is 39.1 Å². The van der Waals surface area contributed by atoms with E-state index in [0.29, 0.717) is 53.5 Å². The number of aromatic nitrogens is 2. The van der Waals surface area contributed by atoms with Gasteiger partial charge in [-0.15, -0.1) is 0 Å². The molecular formula is C33H35ClFN5O3. The number of ether oxygens (including phenoxy) is 2. The van der Waals surface area contributed by atoms with Gasteiger partial charge in [-0.05, 0) is 66.8 Å². The van der Waals surface area contributed by atoms with Crippen molar-refractivity contribution in [2.75, 3.05) is 44.8 Å². The summed E-state index contributed by atoms with van der Waals surface area (Å²) in [6.07, 6.45) is 3.85. The summed E-state index contributed by atoms with van der Waals surface area (Å²) in [7, 11) is 1.61. The van der Waals surface area contributed by atoms with Crippen LogP contribution in [0.3, 0.4) is 0 Å². The third-order valence-corrected chi connectivity index (χ3v) is 10.2. The van der Waals surface area contributed by atoms with Gasteiger partial charge in [0.25, 0.3) is 0 Å². The van der Waals surface area contributed by atoms with Gasteiger partial charge in [-0.25, -0.2) is 4.39 Å². The molecule has 4 aliphatic heterocycles. The molecule has 43 heavy (non-hydrogen) atoms. The Balaban J connectivity index is 1.29. The van der Waals surface area contributed by atoms with E-state index < -0.39 is 6.17 Å². The number of piperazine rings is 1. The molecule has 8 rings (SSSR count). The molecule has 0 spiro atoms. The van der Waals surface area contributed by atoms with Crippen LogP contribution >= 0.6 is 11.6 Å². The first kappa shape index (κ1) is 27.2. The molecule has 4 atom stereocenters. The van der Waals surface area contributed by atoms with E-state index in [-0.39, 0.29) is 17.3 Å². The van der Waals surface area contributed by atoms with E-state index >= 15 is 0 Å². The van der Waals surface area contributed by atoms with Crippen LogP contribution in [-0.2, 0) is 0 Å². The molecule has 0 radical (unpaired) electrons. The highest BCUT2D eigenvalue weighted by molar-refractivity contribution is 6.35. The SMILES string of the molecule is COc1c(-c2cc(O)cc3ccccc23)c(Cl)cc2c(N3CC4CCC(C3)N4)nc(OC[C@@]34CCCN3C[C@H](F)C4)nc12. The van der Waals surface area contributed by atoms with Crippen molar-refractivity contribution in [2.24, 2.45) is 0 Å². The van der Waals surface area contributed by atoms with Crippen molar-refractivity contribution in [1.29, 1.82) is 0 Å². The molecule has 2 unspecified atom stereocenters. The summed E-state index contributed by atoms with van der Waals surface area (Å²) in [5, 5.41) is 17.4. The molecule has 1 aromatic heterocycles. The van der Waals surface area contributed by atoms with Crippen molar-refractivity contribution in [3.63, 3.8) is 0 Å². The molecule has 10 heteroatoms. The van der Waals surface area contributed by atoms with Crippen LogP contribution < -0.4 is 19.7 Å². The van der Waals surface area contributed by atoms with E-state index in [0.717, 1.165) is 72.9 Å². The van der Waals surface area contributed by atoms with E-state index in [2.05, 4.69) is 15.1 Å². The van der Waals surface area contributed by atoms with Crippen LogP contribution in [0.4, 0.5) is 10.2 Å². The Labute approximate surface area is 254 Å². The smallest absolute Gasteiger partial charge is 0.319 e. The van der Waals surface area contributed by atoms with Gasteiger partial charge in [0.2, 0.25) is 0 Å². The number of halogens is 2. The molecule has 0 saturated carbocycles. The number of alkyl halides is 1. The standard InChI is InChI=1S/C33H35ClFN5O3/c1-42-30-28(25-12-23(41)11-19-5-2-3-6-24(19)25)27(34)13-26-29(30)37-32(38-31(26)39-16-21-7-8-22(17-39)36-21)43-18-33-9-4-10-40(33)15-20(35)14-33/h2-3,5-6,11-13,20-22,36,41H,4,7-10,14-18H2,1H3/t20-,21?,22?,33+/m1/s1. The Kier molecular flexibility index (Phi) is 6.54.